The number of aryl methyl sites for hydroxylation is 2. The molecule has 12 nitrogen and oxygen atoms in total. The largest absolute Gasteiger partial charge is 0.461 e. The third-order valence-electron chi connectivity index (χ3n) is 11.6. The van der Waals surface area contributed by atoms with E-state index < -0.39 is 28.9 Å². The number of rotatable bonds is 5. The maximum absolute atomic E-state index is 17.2. The molecule has 9 rings (SSSR count). The van der Waals surface area contributed by atoms with E-state index in [9.17, 15) is 18.8 Å². The Labute approximate surface area is 310 Å². The van der Waals surface area contributed by atoms with Gasteiger partial charge in [-0.2, -0.15) is 19.9 Å². The molecule has 1 spiro atoms. The van der Waals surface area contributed by atoms with Crippen LogP contribution < -0.4 is 15.4 Å². The monoisotopic (exact) mass is 762 g/mol. The van der Waals surface area contributed by atoms with Crippen LogP contribution in [0.5, 0.6) is 6.01 Å². The molecule has 274 valence electrons. The quantitative estimate of drug-likeness (QED) is 0.214. The summed E-state index contributed by atoms with van der Waals surface area (Å²) >= 11 is 7.82. The van der Waals surface area contributed by atoms with Crippen LogP contribution in [0.3, 0.4) is 0 Å². The van der Waals surface area contributed by atoms with Crippen molar-refractivity contribution in [2.45, 2.75) is 63.2 Å². The number of carbonyl (C=O) groups is 1. The first kappa shape index (κ1) is 34.1. The lowest BCUT2D eigenvalue weighted by Crippen LogP contribution is -2.64. The zero-order valence-corrected chi connectivity index (χ0v) is 30.5. The van der Waals surface area contributed by atoms with E-state index in [2.05, 4.69) is 20.0 Å². The van der Waals surface area contributed by atoms with Crippen LogP contribution in [0.1, 0.15) is 49.3 Å². The first-order chi connectivity index (χ1) is 25.4. The summed E-state index contributed by atoms with van der Waals surface area (Å²) in [5, 5.41) is 14.8. The van der Waals surface area contributed by atoms with Crippen molar-refractivity contribution in [3.63, 3.8) is 0 Å². The van der Waals surface area contributed by atoms with E-state index in [-0.39, 0.29) is 61.0 Å². The zero-order chi connectivity index (χ0) is 37.0. The van der Waals surface area contributed by atoms with Gasteiger partial charge in [0, 0.05) is 48.9 Å². The molecule has 53 heavy (non-hydrogen) atoms. The molecule has 4 aliphatic heterocycles. The molecule has 2 aromatic carbocycles. The molecule has 7 heterocycles. The van der Waals surface area contributed by atoms with Gasteiger partial charge in [-0.15, -0.1) is 16.4 Å². The van der Waals surface area contributed by atoms with Gasteiger partial charge in [0.05, 0.1) is 26.4 Å². The van der Waals surface area contributed by atoms with Crippen LogP contribution in [0.25, 0.3) is 32.1 Å². The summed E-state index contributed by atoms with van der Waals surface area (Å²) < 4.78 is 54.5. The molecule has 0 radical (unpaired) electrons. The minimum Gasteiger partial charge on any atom is -0.461 e. The molecule has 3 aromatic heterocycles. The highest BCUT2D eigenvalue weighted by Gasteiger charge is 2.53. The summed E-state index contributed by atoms with van der Waals surface area (Å²) in [6.07, 6.45) is 2.42. The number of thiophene rings is 1. The number of amides is 1. The smallest absolute Gasteiger partial charge is 0.346 e. The molecule has 0 unspecified atom stereocenters. The molecule has 4 aliphatic rings. The summed E-state index contributed by atoms with van der Waals surface area (Å²) in [5.74, 6) is -0.0221. The van der Waals surface area contributed by atoms with E-state index in [1.807, 2.05) is 11.0 Å². The minimum atomic E-state index is -0.967. The number of fused-ring (bicyclic) bond motifs is 3. The number of nitriles is 1. The normalized spacial score (nSPS) is 24.1. The van der Waals surface area contributed by atoms with E-state index in [4.69, 9.17) is 27.1 Å². The zero-order valence-electron chi connectivity index (χ0n) is 28.9. The van der Waals surface area contributed by atoms with Crippen molar-refractivity contribution in [2.24, 2.45) is 0 Å². The number of halogens is 4. The summed E-state index contributed by atoms with van der Waals surface area (Å²) in [5.41, 5.74) is 5.14. The lowest BCUT2D eigenvalue weighted by atomic mass is 9.84. The Balaban J connectivity index is 1.15. The van der Waals surface area contributed by atoms with Crippen molar-refractivity contribution in [3.05, 3.63) is 52.1 Å². The number of ether oxygens (including phenoxy) is 1. The number of benzene rings is 2. The number of nitrogen functional groups attached to an aromatic ring is 1. The molecule has 2 N–H and O–H groups in total. The number of aromatic nitrogens is 5. The van der Waals surface area contributed by atoms with Crippen molar-refractivity contribution >= 4 is 60.8 Å². The second kappa shape index (κ2) is 12.2. The van der Waals surface area contributed by atoms with Gasteiger partial charge >= 0.3 is 12.0 Å². The minimum absolute atomic E-state index is 0.00176. The standard InChI is InChI=1S/C36H34ClF3N10O2S/c1-18-43-19(2)50(46-18)34(51)49-11-8-35(49)7-10-47(16-35)32-22-12-24(37)27(21-4-5-25(39)30-26(21)23(14-41)31(42)53-30)28(40)29(22)44-33(45-32)52-17-36-6-3-9-48(36)15-20(38)13-36/h4-5,12,20H,3,6-11,13,15-17,42H2,1-2H3/t20-,35-,36+/m1/s1. The molecule has 1 amide bonds. The average molecular weight is 763 g/mol. The molecule has 0 saturated carbocycles. The maximum atomic E-state index is 17.2. The van der Waals surface area contributed by atoms with Gasteiger partial charge in [-0.3, -0.25) is 4.90 Å². The third kappa shape index (κ3) is 5.14. The van der Waals surface area contributed by atoms with Gasteiger partial charge in [0.2, 0.25) is 0 Å². The van der Waals surface area contributed by atoms with Crippen LogP contribution >= 0.6 is 22.9 Å². The fourth-order valence-electron chi connectivity index (χ4n) is 8.99. The number of likely N-dealkylation sites (tertiary alicyclic amines) is 1. The molecular weight excluding hydrogens is 729 g/mol. The van der Waals surface area contributed by atoms with Crippen LogP contribution in [0, 0.1) is 36.8 Å². The molecule has 17 heteroatoms. The van der Waals surface area contributed by atoms with Gasteiger partial charge < -0.3 is 20.3 Å². The Morgan fingerprint density at radius 3 is 2.72 bits per heavy atom. The Kier molecular flexibility index (Phi) is 7.81. The van der Waals surface area contributed by atoms with E-state index in [0.29, 0.717) is 61.9 Å². The first-order valence-corrected chi connectivity index (χ1v) is 18.7. The highest BCUT2D eigenvalue weighted by atomic mass is 35.5. The topological polar surface area (TPSA) is 142 Å². The van der Waals surface area contributed by atoms with Crippen LogP contribution in [-0.2, 0) is 0 Å². The first-order valence-electron chi connectivity index (χ1n) is 17.5. The van der Waals surface area contributed by atoms with Crippen molar-refractivity contribution in [2.75, 3.05) is 50.0 Å². The highest BCUT2D eigenvalue weighted by Crippen LogP contribution is 2.48. The van der Waals surface area contributed by atoms with Gasteiger partial charge in [0.1, 0.15) is 52.6 Å². The lowest BCUT2D eigenvalue weighted by molar-refractivity contribution is 0.0397. The van der Waals surface area contributed by atoms with Crippen molar-refractivity contribution < 1.29 is 22.7 Å². The van der Waals surface area contributed by atoms with Gasteiger partial charge in [-0.05, 0) is 63.8 Å². The Bertz CT molecular complexity index is 2420. The molecule has 3 atom stereocenters. The summed E-state index contributed by atoms with van der Waals surface area (Å²) in [6.45, 7) is 6.15. The number of hydrogen-bond acceptors (Lipinski definition) is 11. The van der Waals surface area contributed by atoms with Crippen molar-refractivity contribution in [1.29, 1.82) is 5.26 Å². The van der Waals surface area contributed by atoms with Gasteiger partial charge in [-0.1, -0.05) is 17.7 Å². The van der Waals surface area contributed by atoms with Crippen molar-refractivity contribution in [3.8, 4) is 23.2 Å². The second-order valence-electron chi connectivity index (χ2n) is 14.6. The molecule has 5 aromatic rings. The Morgan fingerprint density at radius 1 is 1.17 bits per heavy atom. The Morgan fingerprint density at radius 2 is 1.98 bits per heavy atom. The van der Waals surface area contributed by atoms with Crippen LogP contribution in [0.2, 0.25) is 5.02 Å². The van der Waals surface area contributed by atoms with Crippen molar-refractivity contribution in [1.82, 2.24) is 34.5 Å². The fraction of sp³-hybridized carbons (Fsp3) is 0.444. The number of nitrogens with two attached hydrogens (primary N) is 1. The van der Waals surface area contributed by atoms with Gasteiger partial charge in [0.25, 0.3) is 0 Å². The predicted molar refractivity (Wildman–Crippen MR) is 194 cm³/mol. The van der Waals surface area contributed by atoms with Crippen LogP contribution in [0.4, 0.5) is 28.8 Å². The summed E-state index contributed by atoms with van der Waals surface area (Å²) in [6, 6.07) is 5.84. The van der Waals surface area contributed by atoms with E-state index in [1.165, 1.54) is 16.8 Å². The van der Waals surface area contributed by atoms with Gasteiger partial charge in [-0.25, -0.2) is 22.9 Å². The lowest BCUT2D eigenvalue weighted by Gasteiger charge is -2.50. The number of alkyl halides is 1. The predicted octanol–water partition coefficient (Wildman–Crippen LogP) is 6.38. The molecular formula is C36H34ClF3N10O2S. The van der Waals surface area contributed by atoms with Crippen LogP contribution in [-0.4, -0.2) is 97.1 Å². The SMILES string of the molecule is Cc1nc(C)n(C(=O)N2CC[C@@]23CCN(c2nc(OC[C@@]45CCCN4C[C@H](F)C5)nc4c(F)c(-c5ccc(F)c6sc(N)c(C#N)c56)c(Cl)cc24)C3)n1. The highest BCUT2D eigenvalue weighted by molar-refractivity contribution is 7.23. The molecule has 4 saturated heterocycles. The third-order valence-corrected chi connectivity index (χ3v) is 12.9. The number of hydrogen-bond donors (Lipinski definition) is 1. The molecule has 0 bridgehead atoms. The van der Waals surface area contributed by atoms with E-state index in [0.717, 1.165) is 37.1 Å². The Hall–Kier alpha value is -4.72. The second-order valence-corrected chi connectivity index (χ2v) is 16.0. The number of nitrogens with zero attached hydrogens (tertiary/aromatic N) is 9. The number of anilines is 2. The van der Waals surface area contributed by atoms with Crippen LogP contribution in [0.15, 0.2) is 18.2 Å². The van der Waals surface area contributed by atoms with E-state index in [1.54, 1.807) is 24.8 Å². The molecule has 4 fully saturated rings. The fourth-order valence-corrected chi connectivity index (χ4v) is 10.2. The summed E-state index contributed by atoms with van der Waals surface area (Å²) in [4.78, 5) is 33.3. The molecule has 0 aliphatic carbocycles. The maximum Gasteiger partial charge on any atom is 0.346 e. The van der Waals surface area contributed by atoms with Gasteiger partial charge in [0.15, 0.2) is 5.82 Å². The number of carbonyl (C=O) groups excluding carboxylic acids is 1. The summed E-state index contributed by atoms with van der Waals surface area (Å²) in [7, 11) is 0. The van der Waals surface area contributed by atoms with E-state index >= 15 is 4.39 Å². The average Bonchev–Trinajstić information content (AvgIpc) is 3.92.